The second kappa shape index (κ2) is 5.98. The monoisotopic (exact) mass is 322 g/mol. The third-order valence-electron chi connectivity index (χ3n) is 3.99. The van der Waals surface area contributed by atoms with Crippen molar-refractivity contribution in [3.8, 4) is 11.5 Å². The molecule has 3 rings (SSSR count). The number of amides is 1. The highest BCUT2D eigenvalue weighted by atomic mass is 19.3. The number of furan rings is 1. The van der Waals surface area contributed by atoms with Crippen molar-refractivity contribution in [2.45, 2.75) is 37.6 Å². The molecule has 0 unspecified atom stereocenters. The summed E-state index contributed by atoms with van der Waals surface area (Å²) in [6.07, 6.45) is 1.41. The molecule has 1 aliphatic rings. The Balaban J connectivity index is 1.70. The largest absolute Gasteiger partial charge is 0.463 e. The predicted molar refractivity (Wildman–Crippen MR) is 79.4 cm³/mol. The number of carbonyl (C=O) groups is 1. The number of H-pyrrole nitrogens is 1. The first kappa shape index (κ1) is 15.5. The molecule has 2 heterocycles. The topological polar surface area (TPSA) is 75.1 Å². The predicted octanol–water partition coefficient (Wildman–Crippen LogP) is 2.94. The summed E-state index contributed by atoms with van der Waals surface area (Å²) in [5.74, 6) is -2.71. The molecule has 1 saturated carbocycles. The summed E-state index contributed by atoms with van der Waals surface area (Å²) in [6.45, 7) is 0. The molecule has 0 aromatic carbocycles. The zero-order chi connectivity index (χ0) is 16.4. The third-order valence-corrected chi connectivity index (χ3v) is 3.99. The Labute approximate surface area is 130 Å². The van der Waals surface area contributed by atoms with Gasteiger partial charge in [-0.2, -0.15) is 0 Å². The Bertz CT molecular complexity index is 743. The minimum atomic E-state index is -2.65. The van der Waals surface area contributed by atoms with Gasteiger partial charge in [-0.25, -0.2) is 8.78 Å². The summed E-state index contributed by atoms with van der Waals surface area (Å²) >= 11 is 0. The van der Waals surface area contributed by atoms with Crippen LogP contribution < -0.4 is 10.9 Å². The standard InChI is InChI=1S/C16H16F2N2O3/c17-16(18)7-5-10(6-8-16)19-14(21)11-3-4-12(20-15(11)22)13-2-1-9-23-13/h1-4,9-10H,5-8H2,(H,19,21)(H,20,22). The highest BCUT2D eigenvalue weighted by molar-refractivity contribution is 5.94. The van der Waals surface area contributed by atoms with E-state index in [0.29, 0.717) is 11.5 Å². The number of halogens is 2. The van der Waals surface area contributed by atoms with Crippen LogP contribution in [0.15, 0.2) is 39.7 Å². The van der Waals surface area contributed by atoms with E-state index in [9.17, 15) is 18.4 Å². The average Bonchev–Trinajstić information content (AvgIpc) is 3.03. The average molecular weight is 322 g/mol. The summed E-state index contributed by atoms with van der Waals surface area (Å²) in [6, 6.07) is 6.03. The molecule has 0 spiro atoms. The van der Waals surface area contributed by atoms with Crippen molar-refractivity contribution in [3.63, 3.8) is 0 Å². The first-order valence-electron chi connectivity index (χ1n) is 7.40. The number of hydrogen-bond acceptors (Lipinski definition) is 3. The molecular weight excluding hydrogens is 306 g/mol. The second-order valence-corrected chi connectivity index (χ2v) is 5.70. The maximum Gasteiger partial charge on any atom is 0.261 e. The van der Waals surface area contributed by atoms with Gasteiger partial charge in [-0.3, -0.25) is 9.59 Å². The quantitative estimate of drug-likeness (QED) is 0.912. The van der Waals surface area contributed by atoms with Crippen LogP contribution in [0.2, 0.25) is 0 Å². The van der Waals surface area contributed by atoms with Crippen molar-refractivity contribution in [2.24, 2.45) is 0 Å². The van der Waals surface area contributed by atoms with Crippen LogP contribution in [0.4, 0.5) is 8.78 Å². The highest BCUT2D eigenvalue weighted by Crippen LogP contribution is 2.33. The van der Waals surface area contributed by atoms with Gasteiger partial charge in [-0.15, -0.1) is 0 Å². The smallest absolute Gasteiger partial charge is 0.261 e. The van der Waals surface area contributed by atoms with Crippen LogP contribution in [0, 0.1) is 0 Å². The Morgan fingerprint density at radius 1 is 1.26 bits per heavy atom. The van der Waals surface area contributed by atoms with Crippen molar-refractivity contribution < 1.29 is 18.0 Å². The van der Waals surface area contributed by atoms with E-state index >= 15 is 0 Å². The molecule has 0 saturated heterocycles. The number of carbonyl (C=O) groups excluding carboxylic acids is 1. The molecule has 2 N–H and O–H groups in total. The molecule has 5 nitrogen and oxygen atoms in total. The van der Waals surface area contributed by atoms with Crippen LogP contribution in [0.5, 0.6) is 0 Å². The van der Waals surface area contributed by atoms with Crippen LogP contribution in [0.25, 0.3) is 11.5 Å². The van der Waals surface area contributed by atoms with Gasteiger partial charge in [0, 0.05) is 18.9 Å². The number of hydrogen-bond donors (Lipinski definition) is 2. The Morgan fingerprint density at radius 3 is 2.61 bits per heavy atom. The highest BCUT2D eigenvalue weighted by Gasteiger charge is 2.35. The van der Waals surface area contributed by atoms with Crippen LogP contribution in [0.1, 0.15) is 36.0 Å². The fourth-order valence-corrected chi connectivity index (χ4v) is 2.68. The maximum absolute atomic E-state index is 13.1. The summed E-state index contributed by atoms with van der Waals surface area (Å²) in [5.41, 5.74) is -0.121. The van der Waals surface area contributed by atoms with E-state index < -0.39 is 17.4 Å². The van der Waals surface area contributed by atoms with Gasteiger partial charge in [0.15, 0.2) is 0 Å². The normalized spacial score (nSPS) is 17.8. The van der Waals surface area contributed by atoms with E-state index in [4.69, 9.17) is 4.42 Å². The van der Waals surface area contributed by atoms with Gasteiger partial charge >= 0.3 is 0 Å². The zero-order valence-electron chi connectivity index (χ0n) is 12.3. The Hall–Kier alpha value is -2.44. The minimum Gasteiger partial charge on any atom is -0.463 e. The van der Waals surface area contributed by atoms with Crippen LogP contribution >= 0.6 is 0 Å². The number of aromatic nitrogens is 1. The van der Waals surface area contributed by atoms with Crippen molar-refractivity contribution in [1.82, 2.24) is 10.3 Å². The molecule has 1 aliphatic carbocycles. The number of alkyl halides is 2. The molecular formula is C16H16F2N2O3. The van der Waals surface area contributed by atoms with Gasteiger partial charge in [0.2, 0.25) is 5.92 Å². The molecule has 122 valence electrons. The number of nitrogens with one attached hydrogen (secondary N) is 2. The second-order valence-electron chi connectivity index (χ2n) is 5.70. The minimum absolute atomic E-state index is 0.0439. The van der Waals surface area contributed by atoms with E-state index in [0.717, 1.165) is 0 Å². The van der Waals surface area contributed by atoms with E-state index in [1.807, 2.05) is 0 Å². The lowest BCUT2D eigenvalue weighted by atomic mass is 9.92. The van der Waals surface area contributed by atoms with E-state index in [1.54, 1.807) is 18.2 Å². The lowest BCUT2D eigenvalue weighted by Gasteiger charge is -2.28. The lowest BCUT2D eigenvalue weighted by Crippen LogP contribution is -2.41. The van der Waals surface area contributed by atoms with Crippen LogP contribution in [-0.2, 0) is 0 Å². The first-order valence-corrected chi connectivity index (χ1v) is 7.40. The molecule has 23 heavy (non-hydrogen) atoms. The van der Waals surface area contributed by atoms with Gasteiger partial charge in [-0.05, 0) is 37.1 Å². The summed E-state index contributed by atoms with van der Waals surface area (Å²) in [7, 11) is 0. The number of rotatable bonds is 3. The van der Waals surface area contributed by atoms with Crippen molar-refractivity contribution in [2.75, 3.05) is 0 Å². The molecule has 0 radical (unpaired) electrons. The van der Waals surface area contributed by atoms with Gasteiger partial charge in [0.1, 0.15) is 11.3 Å². The summed E-state index contributed by atoms with van der Waals surface area (Å²) in [4.78, 5) is 26.8. The molecule has 0 aliphatic heterocycles. The zero-order valence-corrected chi connectivity index (χ0v) is 12.3. The number of pyridine rings is 1. The van der Waals surface area contributed by atoms with Crippen molar-refractivity contribution in [3.05, 3.63) is 46.4 Å². The van der Waals surface area contributed by atoms with Crippen LogP contribution in [-0.4, -0.2) is 22.9 Å². The molecule has 2 aromatic heterocycles. The SMILES string of the molecule is O=C(NC1CCC(F)(F)CC1)c1ccc(-c2ccco2)[nH]c1=O. The third kappa shape index (κ3) is 3.49. The molecule has 1 amide bonds. The van der Waals surface area contributed by atoms with Crippen molar-refractivity contribution in [1.29, 1.82) is 0 Å². The Kier molecular flexibility index (Phi) is 4.02. The number of aromatic amines is 1. The van der Waals surface area contributed by atoms with Gasteiger partial charge in [-0.1, -0.05) is 0 Å². The fraction of sp³-hybridized carbons (Fsp3) is 0.375. The Morgan fingerprint density at radius 2 is 2.00 bits per heavy atom. The lowest BCUT2D eigenvalue weighted by molar-refractivity contribution is -0.0399. The molecule has 2 aromatic rings. The van der Waals surface area contributed by atoms with Crippen molar-refractivity contribution >= 4 is 5.91 Å². The van der Waals surface area contributed by atoms with Gasteiger partial charge in [0.05, 0.1) is 12.0 Å². The molecule has 7 heteroatoms. The molecule has 0 atom stereocenters. The summed E-state index contributed by atoms with van der Waals surface area (Å²) in [5, 5.41) is 2.65. The van der Waals surface area contributed by atoms with E-state index in [-0.39, 0.29) is 37.3 Å². The molecule has 1 fully saturated rings. The maximum atomic E-state index is 13.1. The summed E-state index contributed by atoms with van der Waals surface area (Å²) < 4.78 is 31.4. The van der Waals surface area contributed by atoms with Crippen LogP contribution in [0.3, 0.4) is 0 Å². The van der Waals surface area contributed by atoms with E-state index in [1.165, 1.54) is 12.3 Å². The molecule has 0 bridgehead atoms. The van der Waals surface area contributed by atoms with Gasteiger partial charge < -0.3 is 14.7 Å². The first-order chi connectivity index (χ1) is 10.9. The van der Waals surface area contributed by atoms with Gasteiger partial charge in [0.25, 0.3) is 11.5 Å². The fourth-order valence-electron chi connectivity index (χ4n) is 2.68. The van der Waals surface area contributed by atoms with E-state index in [2.05, 4.69) is 10.3 Å².